The molecule has 2 amide bonds. The normalized spacial score (nSPS) is 12.0. The average Bonchev–Trinajstić information content (AvgIpc) is 2.38. The predicted molar refractivity (Wildman–Crippen MR) is 81.7 cm³/mol. The largest absolute Gasteiger partial charge is 0.481 e. The van der Waals surface area contributed by atoms with E-state index in [0.29, 0.717) is 12.1 Å². The van der Waals surface area contributed by atoms with E-state index in [4.69, 9.17) is 5.11 Å². The van der Waals surface area contributed by atoms with Crippen molar-refractivity contribution in [1.29, 1.82) is 0 Å². The number of hydrogen-bond acceptors (Lipinski definition) is 2. The number of rotatable bonds is 6. The Morgan fingerprint density at radius 3 is 2.57 bits per heavy atom. The summed E-state index contributed by atoms with van der Waals surface area (Å²) in [6.45, 7) is 3.89. The first-order chi connectivity index (χ1) is 9.79. The fourth-order valence-electron chi connectivity index (χ4n) is 1.81. The van der Waals surface area contributed by atoms with E-state index in [0.717, 1.165) is 0 Å². The lowest BCUT2D eigenvalue weighted by Gasteiger charge is -2.15. The minimum atomic E-state index is -0.937. The van der Waals surface area contributed by atoms with Crippen LogP contribution in [0.25, 0.3) is 0 Å². The van der Waals surface area contributed by atoms with Crippen LogP contribution in [0.4, 0.5) is 14.9 Å². The van der Waals surface area contributed by atoms with Crippen LogP contribution in [-0.4, -0.2) is 23.7 Å². The minimum Gasteiger partial charge on any atom is -0.481 e. The Kier molecular flexibility index (Phi) is 6.61. The van der Waals surface area contributed by atoms with E-state index in [9.17, 15) is 14.0 Å². The van der Waals surface area contributed by atoms with Crippen molar-refractivity contribution in [2.45, 2.75) is 20.3 Å². The van der Waals surface area contributed by atoms with Crippen molar-refractivity contribution in [3.63, 3.8) is 0 Å². The average molecular weight is 361 g/mol. The Bertz CT molecular complexity index is 523. The van der Waals surface area contributed by atoms with Crippen LogP contribution in [0.1, 0.15) is 20.3 Å². The number of anilines is 1. The van der Waals surface area contributed by atoms with Gasteiger partial charge in [0.05, 0.1) is 10.4 Å². The summed E-state index contributed by atoms with van der Waals surface area (Å²) in [6, 6.07) is 3.54. The molecule has 3 N–H and O–H groups in total. The smallest absolute Gasteiger partial charge is 0.319 e. The van der Waals surface area contributed by atoms with Gasteiger partial charge in [0.15, 0.2) is 0 Å². The van der Waals surface area contributed by atoms with Crippen molar-refractivity contribution in [3.05, 3.63) is 28.5 Å². The Balaban J connectivity index is 2.52. The SMILES string of the molecule is CC(C)CC(CNC(=O)Nc1ccc(F)c(Br)c1)C(=O)O. The van der Waals surface area contributed by atoms with Gasteiger partial charge in [-0.25, -0.2) is 9.18 Å². The fraction of sp³-hybridized carbons (Fsp3) is 0.429. The zero-order chi connectivity index (χ0) is 16.0. The van der Waals surface area contributed by atoms with Crippen molar-refractivity contribution in [3.8, 4) is 0 Å². The Morgan fingerprint density at radius 1 is 1.38 bits per heavy atom. The monoisotopic (exact) mass is 360 g/mol. The molecular formula is C14H18BrFN2O3. The molecule has 1 aromatic carbocycles. The molecule has 0 aliphatic rings. The van der Waals surface area contributed by atoms with Crippen LogP contribution in [0.3, 0.4) is 0 Å². The van der Waals surface area contributed by atoms with E-state index in [-0.39, 0.29) is 16.9 Å². The van der Waals surface area contributed by atoms with E-state index in [1.165, 1.54) is 18.2 Å². The maximum Gasteiger partial charge on any atom is 0.319 e. The van der Waals surface area contributed by atoms with E-state index >= 15 is 0 Å². The van der Waals surface area contributed by atoms with Crippen LogP contribution in [0.5, 0.6) is 0 Å². The molecule has 0 aliphatic carbocycles. The minimum absolute atomic E-state index is 0.0434. The van der Waals surface area contributed by atoms with Crippen LogP contribution in [0.15, 0.2) is 22.7 Å². The number of aliphatic carboxylic acids is 1. The lowest BCUT2D eigenvalue weighted by Crippen LogP contribution is -2.36. The van der Waals surface area contributed by atoms with Gasteiger partial charge in [-0.1, -0.05) is 13.8 Å². The number of benzene rings is 1. The van der Waals surface area contributed by atoms with E-state index in [2.05, 4.69) is 26.6 Å². The van der Waals surface area contributed by atoms with Gasteiger partial charge in [-0.2, -0.15) is 0 Å². The first-order valence-corrected chi connectivity index (χ1v) is 7.31. The van der Waals surface area contributed by atoms with Gasteiger partial charge in [-0.15, -0.1) is 0 Å². The molecule has 5 nitrogen and oxygen atoms in total. The first kappa shape index (κ1) is 17.4. The zero-order valence-electron chi connectivity index (χ0n) is 11.8. The lowest BCUT2D eigenvalue weighted by atomic mass is 9.97. The van der Waals surface area contributed by atoms with Crippen molar-refractivity contribution in [2.75, 3.05) is 11.9 Å². The second-order valence-corrected chi connectivity index (χ2v) is 5.98. The molecule has 0 heterocycles. The van der Waals surface area contributed by atoms with Crippen molar-refractivity contribution in [2.24, 2.45) is 11.8 Å². The summed E-state index contributed by atoms with van der Waals surface area (Å²) in [5.74, 6) is -1.77. The highest BCUT2D eigenvalue weighted by Crippen LogP contribution is 2.19. The number of carboxylic acids is 1. The van der Waals surface area contributed by atoms with Gasteiger partial charge in [-0.05, 0) is 46.5 Å². The van der Waals surface area contributed by atoms with Crippen LogP contribution in [0.2, 0.25) is 0 Å². The molecule has 0 radical (unpaired) electrons. The van der Waals surface area contributed by atoms with Gasteiger partial charge in [0.2, 0.25) is 0 Å². The quantitative estimate of drug-likeness (QED) is 0.726. The number of carboxylic acid groups (broad SMARTS) is 1. The topological polar surface area (TPSA) is 78.4 Å². The molecule has 1 aromatic rings. The lowest BCUT2D eigenvalue weighted by molar-refractivity contribution is -0.142. The summed E-state index contributed by atoms with van der Waals surface area (Å²) >= 11 is 3.02. The number of urea groups is 1. The molecule has 0 spiro atoms. The van der Waals surface area contributed by atoms with Gasteiger partial charge < -0.3 is 15.7 Å². The molecule has 7 heteroatoms. The molecule has 0 aliphatic heterocycles. The third-order valence-corrected chi connectivity index (χ3v) is 3.40. The molecule has 0 aromatic heterocycles. The highest BCUT2D eigenvalue weighted by atomic mass is 79.9. The molecule has 116 valence electrons. The highest BCUT2D eigenvalue weighted by molar-refractivity contribution is 9.10. The van der Waals surface area contributed by atoms with Crippen LogP contribution < -0.4 is 10.6 Å². The molecule has 0 fully saturated rings. The van der Waals surface area contributed by atoms with Gasteiger partial charge in [0.1, 0.15) is 5.82 Å². The molecule has 0 bridgehead atoms. The molecule has 0 saturated carbocycles. The Hall–Kier alpha value is -1.63. The van der Waals surface area contributed by atoms with Crippen LogP contribution >= 0.6 is 15.9 Å². The summed E-state index contributed by atoms with van der Waals surface area (Å²) in [4.78, 5) is 22.8. The third kappa shape index (κ3) is 6.12. The number of amides is 2. The van der Waals surface area contributed by atoms with Gasteiger partial charge in [0.25, 0.3) is 0 Å². The molecule has 0 saturated heterocycles. The summed E-state index contributed by atoms with van der Waals surface area (Å²) < 4.78 is 13.3. The summed E-state index contributed by atoms with van der Waals surface area (Å²) in [5, 5.41) is 14.1. The van der Waals surface area contributed by atoms with E-state index in [1.54, 1.807) is 0 Å². The van der Waals surface area contributed by atoms with Crippen molar-refractivity contribution >= 4 is 33.6 Å². The van der Waals surface area contributed by atoms with E-state index in [1.807, 2.05) is 13.8 Å². The Labute approximate surface area is 131 Å². The number of halogens is 2. The van der Waals surface area contributed by atoms with Gasteiger partial charge in [0, 0.05) is 12.2 Å². The number of carbonyl (C=O) groups is 2. The standard InChI is InChI=1S/C14H18BrFN2O3/c1-8(2)5-9(13(19)20)7-17-14(21)18-10-3-4-12(16)11(15)6-10/h3-4,6,8-9H,5,7H2,1-2H3,(H,19,20)(H2,17,18,21). The van der Waals surface area contributed by atoms with Crippen molar-refractivity contribution < 1.29 is 19.1 Å². The van der Waals surface area contributed by atoms with Gasteiger partial charge >= 0.3 is 12.0 Å². The molecular weight excluding hydrogens is 343 g/mol. The molecule has 21 heavy (non-hydrogen) atoms. The molecule has 1 rings (SSSR count). The van der Waals surface area contributed by atoms with Crippen LogP contribution in [0, 0.1) is 17.7 Å². The Morgan fingerprint density at radius 2 is 2.05 bits per heavy atom. The highest BCUT2D eigenvalue weighted by Gasteiger charge is 2.19. The maximum atomic E-state index is 13.1. The van der Waals surface area contributed by atoms with Gasteiger partial charge in [-0.3, -0.25) is 4.79 Å². The first-order valence-electron chi connectivity index (χ1n) is 6.52. The third-order valence-electron chi connectivity index (χ3n) is 2.79. The predicted octanol–water partition coefficient (Wildman–Crippen LogP) is 3.46. The second-order valence-electron chi connectivity index (χ2n) is 5.13. The van der Waals surface area contributed by atoms with E-state index < -0.39 is 23.7 Å². The number of hydrogen-bond donors (Lipinski definition) is 3. The fourth-order valence-corrected chi connectivity index (χ4v) is 2.18. The number of nitrogens with one attached hydrogen (secondary N) is 2. The zero-order valence-corrected chi connectivity index (χ0v) is 13.4. The van der Waals surface area contributed by atoms with Crippen LogP contribution in [-0.2, 0) is 4.79 Å². The molecule has 1 unspecified atom stereocenters. The second kappa shape index (κ2) is 7.97. The summed E-state index contributed by atoms with van der Waals surface area (Å²) in [7, 11) is 0. The summed E-state index contributed by atoms with van der Waals surface area (Å²) in [6.07, 6.45) is 0.484. The number of carbonyl (C=O) groups excluding carboxylic acids is 1. The molecule has 1 atom stereocenters. The maximum absolute atomic E-state index is 13.1. The summed E-state index contributed by atoms with van der Waals surface area (Å²) in [5.41, 5.74) is 0.413. The van der Waals surface area contributed by atoms with Crippen molar-refractivity contribution in [1.82, 2.24) is 5.32 Å².